The second-order valence-electron chi connectivity index (χ2n) is 5.65. The molecule has 0 radical (unpaired) electrons. The smallest absolute Gasteiger partial charge is 0.133 e. The Labute approximate surface area is 119 Å². The van der Waals surface area contributed by atoms with Crippen LogP contribution in [0.2, 0.25) is 0 Å². The molecular weight excluding hydrogens is 250 g/mol. The van der Waals surface area contributed by atoms with Crippen molar-refractivity contribution in [1.82, 2.24) is 4.90 Å². The van der Waals surface area contributed by atoms with Crippen LogP contribution in [0, 0.1) is 5.92 Å². The monoisotopic (exact) mass is 271 g/mol. The van der Waals surface area contributed by atoms with E-state index < -0.39 is 6.10 Å². The van der Waals surface area contributed by atoms with Gasteiger partial charge in [0, 0.05) is 19.6 Å². The second-order valence-corrected chi connectivity index (χ2v) is 5.65. The molecule has 1 aromatic carbocycles. The Morgan fingerprint density at radius 1 is 1.15 bits per heavy atom. The molecule has 0 saturated heterocycles. The lowest BCUT2D eigenvalue weighted by Gasteiger charge is -2.24. The summed E-state index contributed by atoms with van der Waals surface area (Å²) >= 11 is 0. The van der Waals surface area contributed by atoms with Crippen molar-refractivity contribution in [3.63, 3.8) is 0 Å². The van der Waals surface area contributed by atoms with Gasteiger partial charge in [-0.1, -0.05) is 30.3 Å². The predicted molar refractivity (Wildman–Crippen MR) is 78.1 cm³/mol. The Morgan fingerprint density at radius 2 is 1.95 bits per heavy atom. The molecular formula is C17H21NO2. The molecule has 1 fully saturated rings. The molecule has 0 aliphatic heterocycles. The minimum atomic E-state index is -0.549. The molecule has 0 bridgehead atoms. The molecule has 1 unspecified atom stereocenters. The van der Waals surface area contributed by atoms with Crippen LogP contribution < -0.4 is 0 Å². The summed E-state index contributed by atoms with van der Waals surface area (Å²) in [7, 11) is 0. The highest BCUT2D eigenvalue weighted by atomic mass is 16.4. The van der Waals surface area contributed by atoms with Crippen LogP contribution in [0.5, 0.6) is 0 Å². The van der Waals surface area contributed by atoms with Crippen LogP contribution in [0.3, 0.4) is 0 Å². The summed E-state index contributed by atoms with van der Waals surface area (Å²) in [5, 5.41) is 10.3. The minimum Gasteiger partial charge on any atom is -0.467 e. The quantitative estimate of drug-likeness (QED) is 0.840. The molecule has 106 valence electrons. The van der Waals surface area contributed by atoms with Gasteiger partial charge in [-0.3, -0.25) is 4.90 Å². The molecule has 1 heterocycles. The van der Waals surface area contributed by atoms with Gasteiger partial charge in [0.25, 0.3) is 0 Å². The van der Waals surface area contributed by atoms with Crippen molar-refractivity contribution < 1.29 is 9.52 Å². The van der Waals surface area contributed by atoms with E-state index in [0.29, 0.717) is 12.3 Å². The van der Waals surface area contributed by atoms with E-state index in [9.17, 15) is 5.11 Å². The topological polar surface area (TPSA) is 36.6 Å². The van der Waals surface area contributed by atoms with Gasteiger partial charge in [-0.15, -0.1) is 0 Å². The number of nitrogens with zero attached hydrogens (tertiary/aromatic N) is 1. The first-order valence-electron chi connectivity index (χ1n) is 7.29. The maximum Gasteiger partial charge on any atom is 0.133 e. The number of aliphatic hydroxyl groups is 1. The van der Waals surface area contributed by atoms with E-state index >= 15 is 0 Å². The molecule has 1 aliphatic rings. The first-order valence-corrected chi connectivity index (χ1v) is 7.29. The molecule has 1 aliphatic carbocycles. The lowest BCUT2D eigenvalue weighted by molar-refractivity contribution is 0.0885. The molecule has 1 aromatic heterocycles. The predicted octanol–water partition coefficient (Wildman–Crippen LogP) is 3.23. The van der Waals surface area contributed by atoms with Crippen LogP contribution >= 0.6 is 0 Å². The van der Waals surface area contributed by atoms with Gasteiger partial charge < -0.3 is 9.52 Å². The zero-order valence-corrected chi connectivity index (χ0v) is 11.6. The van der Waals surface area contributed by atoms with E-state index in [2.05, 4.69) is 29.2 Å². The summed E-state index contributed by atoms with van der Waals surface area (Å²) in [6.07, 6.45) is 3.71. The molecule has 0 spiro atoms. The maximum atomic E-state index is 10.3. The van der Waals surface area contributed by atoms with Gasteiger partial charge >= 0.3 is 0 Å². The summed E-state index contributed by atoms with van der Waals surface area (Å²) in [5.41, 5.74) is 1.29. The van der Waals surface area contributed by atoms with Crippen molar-refractivity contribution in [1.29, 1.82) is 0 Å². The van der Waals surface area contributed by atoms with Crippen LogP contribution in [0.4, 0.5) is 0 Å². The van der Waals surface area contributed by atoms with E-state index in [4.69, 9.17) is 4.42 Å². The van der Waals surface area contributed by atoms with Crippen molar-refractivity contribution in [2.24, 2.45) is 5.92 Å². The molecule has 20 heavy (non-hydrogen) atoms. The third kappa shape index (κ3) is 3.71. The van der Waals surface area contributed by atoms with Gasteiger partial charge in [-0.25, -0.2) is 0 Å². The average Bonchev–Trinajstić information content (AvgIpc) is 3.09. The van der Waals surface area contributed by atoms with Gasteiger partial charge in [0.1, 0.15) is 11.9 Å². The first kappa shape index (κ1) is 13.4. The van der Waals surface area contributed by atoms with Crippen molar-refractivity contribution in [2.75, 3.05) is 13.1 Å². The van der Waals surface area contributed by atoms with Crippen LogP contribution in [0.1, 0.15) is 30.3 Å². The van der Waals surface area contributed by atoms with E-state index in [1.165, 1.54) is 18.4 Å². The zero-order chi connectivity index (χ0) is 13.8. The molecule has 1 atom stereocenters. The van der Waals surface area contributed by atoms with Crippen molar-refractivity contribution in [3.05, 3.63) is 60.1 Å². The van der Waals surface area contributed by atoms with Crippen molar-refractivity contribution in [3.8, 4) is 0 Å². The summed E-state index contributed by atoms with van der Waals surface area (Å²) in [4.78, 5) is 2.33. The normalized spacial score (nSPS) is 16.5. The Morgan fingerprint density at radius 3 is 2.60 bits per heavy atom. The van der Waals surface area contributed by atoms with Gasteiger partial charge in [0.05, 0.1) is 6.26 Å². The first-order chi connectivity index (χ1) is 9.81. The highest BCUT2D eigenvalue weighted by Crippen LogP contribution is 2.31. The minimum absolute atomic E-state index is 0.549. The number of benzene rings is 1. The maximum absolute atomic E-state index is 10.3. The zero-order valence-electron chi connectivity index (χ0n) is 11.6. The van der Waals surface area contributed by atoms with E-state index in [0.717, 1.165) is 19.0 Å². The fraction of sp³-hybridized carbons (Fsp3) is 0.412. The van der Waals surface area contributed by atoms with Gasteiger partial charge in [-0.2, -0.15) is 0 Å². The largest absolute Gasteiger partial charge is 0.467 e. The molecule has 1 saturated carbocycles. The van der Waals surface area contributed by atoms with Gasteiger partial charge in [0.15, 0.2) is 0 Å². The third-order valence-electron chi connectivity index (χ3n) is 3.77. The van der Waals surface area contributed by atoms with E-state index in [1.54, 1.807) is 6.26 Å². The number of hydrogen-bond acceptors (Lipinski definition) is 3. The highest BCUT2D eigenvalue weighted by molar-refractivity contribution is 5.14. The van der Waals surface area contributed by atoms with Gasteiger partial charge in [0.2, 0.25) is 0 Å². The van der Waals surface area contributed by atoms with Gasteiger partial charge in [-0.05, 0) is 36.5 Å². The van der Waals surface area contributed by atoms with Crippen molar-refractivity contribution in [2.45, 2.75) is 25.5 Å². The number of furan rings is 1. The molecule has 3 heteroatoms. The molecule has 3 nitrogen and oxygen atoms in total. The Balaban J connectivity index is 1.63. The van der Waals surface area contributed by atoms with Crippen LogP contribution in [0.25, 0.3) is 0 Å². The third-order valence-corrected chi connectivity index (χ3v) is 3.77. The number of aliphatic hydroxyl groups excluding tert-OH is 1. The van der Waals surface area contributed by atoms with Crippen LogP contribution in [-0.2, 0) is 6.54 Å². The SMILES string of the molecule is OC(CN(Cc1ccccc1)CC1CC1)c1ccco1. The Hall–Kier alpha value is -1.58. The Bertz CT molecular complexity index is 505. The lowest BCUT2D eigenvalue weighted by Crippen LogP contribution is -2.30. The fourth-order valence-corrected chi connectivity index (χ4v) is 2.53. The number of hydrogen-bond donors (Lipinski definition) is 1. The molecule has 0 amide bonds. The highest BCUT2D eigenvalue weighted by Gasteiger charge is 2.26. The second kappa shape index (κ2) is 6.25. The van der Waals surface area contributed by atoms with Crippen LogP contribution in [0.15, 0.2) is 53.1 Å². The lowest BCUT2D eigenvalue weighted by atomic mass is 10.2. The summed E-state index contributed by atoms with van der Waals surface area (Å²) in [6.45, 7) is 2.57. The van der Waals surface area contributed by atoms with E-state index in [-0.39, 0.29) is 0 Å². The van der Waals surface area contributed by atoms with E-state index in [1.807, 2.05) is 18.2 Å². The molecule has 1 N–H and O–H groups in total. The summed E-state index contributed by atoms with van der Waals surface area (Å²) in [6, 6.07) is 14.1. The standard InChI is InChI=1S/C17H21NO2/c19-16(17-7-4-10-20-17)13-18(12-15-8-9-15)11-14-5-2-1-3-6-14/h1-7,10,15-16,19H,8-9,11-13H2. The van der Waals surface area contributed by atoms with Crippen LogP contribution in [-0.4, -0.2) is 23.1 Å². The molecule has 2 aromatic rings. The molecule has 3 rings (SSSR count). The summed E-state index contributed by atoms with van der Waals surface area (Å²) in [5.74, 6) is 1.46. The summed E-state index contributed by atoms with van der Waals surface area (Å²) < 4.78 is 5.29. The van der Waals surface area contributed by atoms with Crippen molar-refractivity contribution >= 4 is 0 Å². The number of rotatable bonds is 7. The average molecular weight is 271 g/mol. The Kier molecular flexibility index (Phi) is 4.19. The fourth-order valence-electron chi connectivity index (χ4n) is 2.53.